The fourth-order valence-corrected chi connectivity index (χ4v) is 2.32. The van der Waals surface area contributed by atoms with Crippen molar-refractivity contribution in [3.8, 4) is 0 Å². The lowest BCUT2D eigenvalue weighted by Gasteiger charge is -2.05. The molecule has 0 aliphatic carbocycles. The Morgan fingerprint density at radius 1 is 1.47 bits per heavy atom. The van der Waals surface area contributed by atoms with E-state index in [2.05, 4.69) is 0 Å². The molecule has 0 aliphatic heterocycles. The molecule has 0 aliphatic rings. The van der Waals surface area contributed by atoms with Gasteiger partial charge in [0.15, 0.2) is 0 Å². The summed E-state index contributed by atoms with van der Waals surface area (Å²) in [5.41, 5.74) is 6.44. The first-order valence-electron chi connectivity index (χ1n) is 4.61. The molecule has 0 amide bonds. The average molecular weight is 221 g/mol. The Labute approximate surface area is 91.1 Å². The Hall–Kier alpha value is -1.39. The third-order valence-corrected chi connectivity index (χ3v) is 3.17. The summed E-state index contributed by atoms with van der Waals surface area (Å²) >= 11 is 1.65. The summed E-state index contributed by atoms with van der Waals surface area (Å²) in [6.45, 7) is 0. The minimum atomic E-state index is -0.957. The van der Waals surface area contributed by atoms with Gasteiger partial charge in [-0.1, -0.05) is 12.1 Å². The molecule has 0 bridgehead atoms. The van der Waals surface area contributed by atoms with Crippen LogP contribution in [0.3, 0.4) is 0 Å². The summed E-state index contributed by atoms with van der Waals surface area (Å²) in [6.07, 6.45) is 0.378. The van der Waals surface area contributed by atoms with E-state index in [9.17, 15) is 4.79 Å². The molecule has 78 valence electrons. The van der Waals surface area contributed by atoms with Gasteiger partial charge in [0.1, 0.15) is 6.04 Å². The lowest BCUT2D eigenvalue weighted by molar-refractivity contribution is -0.138. The molecule has 1 heterocycles. The topological polar surface area (TPSA) is 63.3 Å². The highest BCUT2D eigenvalue weighted by atomic mass is 32.1. The second-order valence-corrected chi connectivity index (χ2v) is 4.39. The predicted molar refractivity (Wildman–Crippen MR) is 61.1 cm³/mol. The smallest absolute Gasteiger partial charge is 0.320 e. The molecule has 1 atom stereocenters. The van der Waals surface area contributed by atoms with Crippen molar-refractivity contribution < 1.29 is 9.90 Å². The van der Waals surface area contributed by atoms with Crippen molar-refractivity contribution in [3.63, 3.8) is 0 Å². The normalized spacial score (nSPS) is 12.9. The maximum Gasteiger partial charge on any atom is 0.320 e. The quantitative estimate of drug-likeness (QED) is 0.831. The van der Waals surface area contributed by atoms with Gasteiger partial charge in [0.2, 0.25) is 0 Å². The van der Waals surface area contributed by atoms with Gasteiger partial charge in [0, 0.05) is 4.70 Å². The van der Waals surface area contributed by atoms with E-state index >= 15 is 0 Å². The number of carbonyl (C=O) groups is 1. The molecular formula is C11H11NO2S. The van der Waals surface area contributed by atoms with E-state index in [4.69, 9.17) is 10.8 Å². The van der Waals surface area contributed by atoms with E-state index in [-0.39, 0.29) is 0 Å². The highest BCUT2D eigenvalue weighted by Crippen LogP contribution is 2.22. The molecule has 15 heavy (non-hydrogen) atoms. The largest absolute Gasteiger partial charge is 0.480 e. The van der Waals surface area contributed by atoms with Crippen LogP contribution in [-0.2, 0) is 11.2 Å². The number of thiophene rings is 1. The number of carboxylic acid groups (broad SMARTS) is 1. The molecule has 3 nitrogen and oxygen atoms in total. The molecule has 2 aromatic rings. The van der Waals surface area contributed by atoms with Crippen LogP contribution in [0.25, 0.3) is 10.1 Å². The van der Waals surface area contributed by atoms with Crippen molar-refractivity contribution in [2.24, 2.45) is 5.73 Å². The number of benzene rings is 1. The molecular weight excluding hydrogens is 210 g/mol. The van der Waals surface area contributed by atoms with Crippen molar-refractivity contribution in [2.45, 2.75) is 12.5 Å². The fourth-order valence-electron chi connectivity index (χ4n) is 1.47. The number of aliphatic carboxylic acids is 1. The molecule has 4 heteroatoms. The number of nitrogens with two attached hydrogens (primary N) is 1. The molecule has 3 N–H and O–H groups in total. The van der Waals surface area contributed by atoms with Crippen molar-refractivity contribution in [1.29, 1.82) is 0 Å². The number of carboxylic acids is 1. The van der Waals surface area contributed by atoms with Gasteiger partial charge in [0.25, 0.3) is 0 Å². The molecule has 0 saturated heterocycles. The van der Waals surface area contributed by atoms with E-state index < -0.39 is 12.0 Å². The zero-order valence-corrected chi connectivity index (χ0v) is 8.83. The van der Waals surface area contributed by atoms with E-state index in [0.29, 0.717) is 6.42 Å². The van der Waals surface area contributed by atoms with Crippen LogP contribution in [0.15, 0.2) is 29.6 Å². The van der Waals surface area contributed by atoms with Gasteiger partial charge in [0.05, 0.1) is 0 Å². The second kappa shape index (κ2) is 4.00. The van der Waals surface area contributed by atoms with Crippen molar-refractivity contribution >= 4 is 27.4 Å². The first-order valence-corrected chi connectivity index (χ1v) is 5.49. The maximum atomic E-state index is 10.6. The number of hydrogen-bond acceptors (Lipinski definition) is 3. The summed E-state index contributed by atoms with van der Waals surface area (Å²) in [4.78, 5) is 10.6. The van der Waals surface area contributed by atoms with Gasteiger partial charge in [-0.05, 0) is 34.9 Å². The van der Waals surface area contributed by atoms with Crippen LogP contribution in [-0.4, -0.2) is 17.1 Å². The zero-order valence-electron chi connectivity index (χ0n) is 8.01. The Balaban J connectivity index is 2.24. The number of rotatable bonds is 3. The first kappa shape index (κ1) is 10.1. The molecule has 1 unspecified atom stereocenters. The summed E-state index contributed by atoms with van der Waals surface area (Å²) < 4.78 is 1.17. The van der Waals surface area contributed by atoms with E-state index in [1.807, 2.05) is 29.6 Å². The van der Waals surface area contributed by atoms with Crippen LogP contribution < -0.4 is 5.73 Å². The van der Waals surface area contributed by atoms with Gasteiger partial charge >= 0.3 is 5.97 Å². The third kappa shape index (κ3) is 2.16. The Morgan fingerprint density at radius 2 is 2.27 bits per heavy atom. The molecule has 1 aromatic carbocycles. The zero-order chi connectivity index (χ0) is 10.8. The van der Waals surface area contributed by atoms with Crippen LogP contribution in [0.2, 0.25) is 0 Å². The lowest BCUT2D eigenvalue weighted by atomic mass is 10.1. The van der Waals surface area contributed by atoms with Crippen molar-refractivity contribution in [2.75, 3.05) is 0 Å². The Kier molecular flexibility index (Phi) is 2.70. The minimum absolute atomic E-state index is 0.378. The Bertz CT molecular complexity index is 492. The van der Waals surface area contributed by atoms with E-state index in [1.165, 1.54) is 10.1 Å². The molecule has 1 aromatic heterocycles. The molecule has 0 spiro atoms. The summed E-state index contributed by atoms with van der Waals surface area (Å²) in [6, 6.07) is 7.15. The number of hydrogen-bond donors (Lipinski definition) is 2. The minimum Gasteiger partial charge on any atom is -0.480 e. The predicted octanol–water partition coefficient (Wildman–Crippen LogP) is 1.86. The lowest BCUT2D eigenvalue weighted by Crippen LogP contribution is -2.32. The molecule has 0 saturated carbocycles. The SMILES string of the molecule is NC(Cc1ccc2ccsc2c1)C(=O)O. The molecule has 2 rings (SSSR count). The highest BCUT2D eigenvalue weighted by molar-refractivity contribution is 7.17. The van der Waals surface area contributed by atoms with Crippen molar-refractivity contribution in [3.05, 3.63) is 35.2 Å². The number of fused-ring (bicyclic) bond motifs is 1. The van der Waals surface area contributed by atoms with E-state index in [0.717, 1.165) is 5.56 Å². The van der Waals surface area contributed by atoms with Gasteiger partial charge in [-0.25, -0.2) is 0 Å². The fraction of sp³-hybridized carbons (Fsp3) is 0.182. The van der Waals surface area contributed by atoms with Gasteiger partial charge in [-0.2, -0.15) is 0 Å². The summed E-state index contributed by atoms with van der Waals surface area (Å²) in [7, 11) is 0. The molecule has 0 fully saturated rings. The monoisotopic (exact) mass is 221 g/mol. The van der Waals surface area contributed by atoms with Gasteiger partial charge in [-0.15, -0.1) is 11.3 Å². The van der Waals surface area contributed by atoms with Crippen LogP contribution in [0, 0.1) is 0 Å². The van der Waals surface area contributed by atoms with Gasteiger partial charge in [-0.3, -0.25) is 4.79 Å². The third-order valence-electron chi connectivity index (χ3n) is 2.29. The summed E-state index contributed by atoms with van der Waals surface area (Å²) in [5.74, 6) is -0.957. The van der Waals surface area contributed by atoms with Crippen LogP contribution in [0.4, 0.5) is 0 Å². The van der Waals surface area contributed by atoms with Crippen LogP contribution in [0.1, 0.15) is 5.56 Å². The van der Waals surface area contributed by atoms with Crippen LogP contribution >= 0.6 is 11.3 Å². The van der Waals surface area contributed by atoms with Gasteiger partial charge < -0.3 is 10.8 Å². The van der Waals surface area contributed by atoms with Crippen LogP contribution in [0.5, 0.6) is 0 Å². The highest BCUT2D eigenvalue weighted by Gasteiger charge is 2.12. The van der Waals surface area contributed by atoms with Crippen molar-refractivity contribution in [1.82, 2.24) is 0 Å². The average Bonchev–Trinajstić information content (AvgIpc) is 2.64. The standard InChI is InChI=1S/C11H11NO2S/c12-9(11(13)14)5-7-1-2-8-3-4-15-10(8)6-7/h1-4,6,9H,5,12H2,(H,13,14). The Morgan fingerprint density at radius 3 is 3.00 bits per heavy atom. The summed E-state index contributed by atoms with van der Waals surface area (Å²) in [5, 5.41) is 11.9. The second-order valence-electron chi connectivity index (χ2n) is 3.44. The maximum absolute atomic E-state index is 10.6. The van der Waals surface area contributed by atoms with E-state index in [1.54, 1.807) is 11.3 Å². The first-order chi connectivity index (χ1) is 7.16. The molecule has 0 radical (unpaired) electrons.